The van der Waals surface area contributed by atoms with Crippen LogP contribution in [-0.4, -0.2) is 17.0 Å². The van der Waals surface area contributed by atoms with Crippen LogP contribution in [0.15, 0.2) is 60.0 Å². The van der Waals surface area contributed by atoms with Crippen molar-refractivity contribution in [1.29, 1.82) is 0 Å². The van der Waals surface area contributed by atoms with Gasteiger partial charge >= 0.3 is 0 Å². The summed E-state index contributed by atoms with van der Waals surface area (Å²) in [5.74, 6) is 0.862. The molecule has 1 unspecified atom stereocenters. The van der Waals surface area contributed by atoms with Crippen molar-refractivity contribution in [1.82, 2.24) is 4.98 Å². The number of hydrogen-bond acceptors (Lipinski definition) is 4. The molecule has 26 heavy (non-hydrogen) atoms. The molecule has 0 bridgehead atoms. The predicted octanol–water partition coefficient (Wildman–Crippen LogP) is 5.34. The van der Waals surface area contributed by atoms with Crippen LogP contribution in [0.5, 0.6) is 5.75 Å². The Labute approximate surface area is 157 Å². The first kappa shape index (κ1) is 18.1. The van der Waals surface area contributed by atoms with Gasteiger partial charge in [0.05, 0.1) is 5.69 Å². The number of nitrogens with one attached hydrogen (secondary N) is 1. The van der Waals surface area contributed by atoms with Crippen LogP contribution in [0.1, 0.15) is 32.3 Å². The number of thiazole rings is 1. The zero-order chi connectivity index (χ0) is 18.5. The molecule has 1 atom stereocenters. The molecule has 0 radical (unpaired) electrons. The summed E-state index contributed by atoms with van der Waals surface area (Å²) >= 11 is 1.41. The van der Waals surface area contributed by atoms with Crippen molar-refractivity contribution in [2.45, 2.75) is 32.8 Å². The summed E-state index contributed by atoms with van der Waals surface area (Å²) in [5, 5.41) is 5.35. The maximum absolute atomic E-state index is 12.5. The van der Waals surface area contributed by atoms with Gasteiger partial charge in [0.25, 0.3) is 5.91 Å². The van der Waals surface area contributed by atoms with E-state index in [1.54, 1.807) is 6.92 Å². The molecule has 0 aliphatic heterocycles. The third kappa shape index (κ3) is 4.29. The van der Waals surface area contributed by atoms with Crippen LogP contribution in [0.2, 0.25) is 0 Å². The fraction of sp³-hybridized carbons (Fsp3) is 0.238. The summed E-state index contributed by atoms with van der Waals surface area (Å²) in [7, 11) is 0. The largest absolute Gasteiger partial charge is 0.481 e. The van der Waals surface area contributed by atoms with Crippen LogP contribution in [0.4, 0.5) is 5.13 Å². The minimum atomic E-state index is -0.612. The van der Waals surface area contributed by atoms with Crippen molar-refractivity contribution >= 4 is 22.4 Å². The van der Waals surface area contributed by atoms with Crippen molar-refractivity contribution in [3.63, 3.8) is 0 Å². The summed E-state index contributed by atoms with van der Waals surface area (Å²) in [5.41, 5.74) is 2.97. The minimum absolute atomic E-state index is 0.211. The van der Waals surface area contributed by atoms with Crippen LogP contribution < -0.4 is 10.1 Å². The fourth-order valence-electron chi connectivity index (χ4n) is 2.59. The van der Waals surface area contributed by atoms with E-state index in [-0.39, 0.29) is 5.91 Å². The lowest BCUT2D eigenvalue weighted by Gasteiger charge is -2.18. The Kier molecular flexibility index (Phi) is 5.68. The van der Waals surface area contributed by atoms with Crippen molar-refractivity contribution in [2.24, 2.45) is 0 Å². The van der Waals surface area contributed by atoms with E-state index < -0.39 is 6.10 Å². The summed E-state index contributed by atoms with van der Waals surface area (Å²) in [6.07, 6.45) is -0.612. The zero-order valence-electron chi connectivity index (χ0n) is 15.1. The molecule has 0 fully saturated rings. The predicted molar refractivity (Wildman–Crippen MR) is 107 cm³/mol. The van der Waals surface area contributed by atoms with Crippen molar-refractivity contribution < 1.29 is 9.53 Å². The van der Waals surface area contributed by atoms with E-state index in [0.717, 1.165) is 22.6 Å². The van der Waals surface area contributed by atoms with E-state index >= 15 is 0 Å². The zero-order valence-corrected chi connectivity index (χ0v) is 15.9. The molecule has 0 aliphatic rings. The first-order valence-electron chi connectivity index (χ1n) is 8.62. The second-order valence-corrected chi connectivity index (χ2v) is 7.20. The average molecular weight is 366 g/mol. The molecule has 3 rings (SSSR count). The second kappa shape index (κ2) is 8.15. The molecule has 4 nitrogen and oxygen atoms in total. The van der Waals surface area contributed by atoms with Gasteiger partial charge < -0.3 is 4.74 Å². The number of carbonyl (C=O) groups excluding carboxylic acids is 1. The van der Waals surface area contributed by atoms with Crippen molar-refractivity contribution in [2.75, 3.05) is 5.32 Å². The van der Waals surface area contributed by atoms with E-state index in [0.29, 0.717) is 11.0 Å². The molecular weight excluding hydrogens is 344 g/mol. The third-order valence-electron chi connectivity index (χ3n) is 4.02. The molecule has 0 saturated carbocycles. The second-order valence-electron chi connectivity index (χ2n) is 6.35. The van der Waals surface area contributed by atoms with Gasteiger partial charge in [-0.3, -0.25) is 10.1 Å². The number of anilines is 1. The Balaban J connectivity index is 1.66. The highest BCUT2D eigenvalue weighted by Crippen LogP contribution is 2.28. The number of nitrogens with zero attached hydrogens (tertiary/aromatic N) is 1. The van der Waals surface area contributed by atoms with E-state index in [2.05, 4.69) is 24.1 Å². The van der Waals surface area contributed by atoms with Crippen LogP contribution in [0.25, 0.3) is 11.3 Å². The fourth-order valence-corrected chi connectivity index (χ4v) is 3.31. The monoisotopic (exact) mass is 366 g/mol. The number of para-hydroxylation sites is 1. The summed E-state index contributed by atoms with van der Waals surface area (Å²) in [6, 6.07) is 17.7. The molecule has 1 N–H and O–H groups in total. The number of aromatic nitrogens is 1. The number of carbonyl (C=O) groups is 1. The van der Waals surface area contributed by atoms with Crippen LogP contribution in [0, 0.1) is 0 Å². The highest BCUT2D eigenvalue weighted by molar-refractivity contribution is 7.14. The molecule has 5 heteroatoms. The van der Waals surface area contributed by atoms with Gasteiger partial charge in [-0.15, -0.1) is 11.3 Å². The molecular formula is C21H22N2O2S. The number of amides is 1. The average Bonchev–Trinajstić information content (AvgIpc) is 3.11. The molecule has 1 amide bonds. The molecule has 0 saturated heterocycles. The van der Waals surface area contributed by atoms with Gasteiger partial charge in [0.1, 0.15) is 5.75 Å². The van der Waals surface area contributed by atoms with Crippen molar-refractivity contribution in [3.8, 4) is 17.0 Å². The molecule has 134 valence electrons. The van der Waals surface area contributed by atoms with E-state index in [4.69, 9.17) is 4.74 Å². The number of benzene rings is 2. The van der Waals surface area contributed by atoms with E-state index in [1.165, 1.54) is 11.3 Å². The molecule has 0 spiro atoms. The molecule has 1 heterocycles. The van der Waals surface area contributed by atoms with Gasteiger partial charge in [0.15, 0.2) is 11.2 Å². The lowest BCUT2D eigenvalue weighted by Crippen LogP contribution is -2.30. The Morgan fingerprint density at radius 1 is 1.04 bits per heavy atom. The van der Waals surface area contributed by atoms with Crippen LogP contribution in [-0.2, 0) is 4.79 Å². The SMILES string of the molecule is CC(Oc1ccccc1C(C)C)C(=O)Nc1nc(-c2ccccc2)cs1. The van der Waals surface area contributed by atoms with Gasteiger partial charge in [-0.2, -0.15) is 0 Å². The number of rotatable bonds is 6. The smallest absolute Gasteiger partial charge is 0.266 e. The normalized spacial score (nSPS) is 12.0. The molecule has 3 aromatic rings. The van der Waals surface area contributed by atoms with Crippen LogP contribution >= 0.6 is 11.3 Å². The summed E-state index contributed by atoms with van der Waals surface area (Å²) in [6.45, 7) is 5.96. The quantitative estimate of drug-likeness (QED) is 0.641. The Morgan fingerprint density at radius 3 is 2.46 bits per heavy atom. The van der Waals surface area contributed by atoms with E-state index in [9.17, 15) is 4.79 Å². The third-order valence-corrected chi connectivity index (χ3v) is 4.78. The standard InChI is InChI=1S/C21H22N2O2S/c1-14(2)17-11-7-8-12-19(17)25-15(3)20(24)23-21-22-18(13-26-21)16-9-5-4-6-10-16/h4-15H,1-3H3,(H,22,23,24). The highest BCUT2D eigenvalue weighted by Gasteiger charge is 2.18. The number of ether oxygens (including phenoxy) is 1. The first-order chi connectivity index (χ1) is 12.5. The maximum Gasteiger partial charge on any atom is 0.266 e. The molecule has 1 aromatic heterocycles. The lowest BCUT2D eigenvalue weighted by molar-refractivity contribution is -0.122. The Bertz CT molecular complexity index is 874. The van der Waals surface area contributed by atoms with Gasteiger partial charge in [0, 0.05) is 10.9 Å². The van der Waals surface area contributed by atoms with E-state index in [1.807, 2.05) is 60.0 Å². The molecule has 2 aromatic carbocycles. The highest BCUT2D eigenvalue weighted by atomic mass is 32.1. The first-order valence-corrected chi connectivity index (χ1v) is 9.50. The maximum atomic E-state index is 12.5. The van der Waals surface area contributed by atoms with Gasteiger partial charge in [0.2, 0.25) is 0 Å². The van der Waals surface area contributed by atoms with Gasteiger partial charge in [-0.25, -0.2) is 4.98 Å². The summed E-state index contributed by atoms with van der Waals surface area (Å²) < 4.78 is 5.90. The lowest BCUT2D eigenvalue weighted by atomic mass is 10.0. The minimum Gasteiger partial charge on any atom is -0.481 e. The Morgan fingerprint density at radius 2 is 1.73 bits per heavy atom. The van der Waals surface area contributed by atoms with Crippen molar-refractivity contribution in [3.05, 3.63) is 65.5 Å². The molecule has 0 aliphatic carbocycles. The Hall–Kier alpha value is -2.66. The number of hydrogen-bond donors (Lipinski definition) is 1. The van der Waals surface area contributed by atoms with Gasteiger partial charge in [-0.05, 0) is 24.5 Å². The van der Waals surface area contributed by atoms with Gasteiger partial charge in [-0.1, -0.05) is 62.4 Å². The summed E-state index contributed by atoms with van der Waals surface area (Å²) in [4.78, 5) is 17.0. The van der Waals surface area contributed by atoms with Crippen LogP contribution in [0.3, 0.4) is 0 Å². The topological polar surface area (TPSA) is 51.2 Å².